The van der Waals surface area contributed by atoms with Crippen molar-refractivity contribution >= 4 is 32.8 Å². The van der Waals surface area contributed by atoms with Gasteiger partial charge >= 0.3 is 6.18 Å². The Morgan fingerprint density at radius 2 is 1.91 bits per heavy atom. The maximum atomic E-state index is 13.1. The summed E-state index contributed by atoms with van der Waals surface area (Å²) < 4.78 is 74.6. The van der Waals surface area contributed by atoms with Gasteiger partial charge in [0.2, 0.25) is 10.0 Å². The summed E-state index contributed by atoms with van der Waals surface area (Å²) >= 11 is 0.862. The zero-order valence-electron chi connectivity index (χ0n) is 11.9. The highest BCUT2D eigenvalue weighted by Crippen LogP contribution is 2.38. The third kappa shape index (κ3) is 3.33. The molecule has 23 heavy (non-hydrogen) atoms. The van der Waals surface area contributed by atoms with Crippen LogP contribution < -0.4 is 4.72 Å². The number of nitrogens with zero attached hydrogens (tertiary/aromatic N) is 2. The lowest BCUT2D eigenvalue weighted by Crippen LogP contribution is -2.47. The van der Waals surface area contributed by atoms with Crippen LogP contribution in [0.1, 0.15) is 25.7 Å². The van der Waals surface area contributed by atoms with Crippen molar-refractivity contribution in [3.05, 3.63) is 18.2 Å². The van der Waals surface area contributed by atoms with E-state index >= 15 is 0 Å². The minimum Gasteiger partial charge on any atom is -0.207 e. The highest BCUT2D eigenvalue weighted by atomic mass is 32.2. The number of aromatic nitrogens is 2. The summed E-state index contributed by atoms with van der Waals surface area (Å²) in [4.78, 5) is -0.129. The van der Waals surface area contributed by atoms with Crippen molar-refractivity contribution in [3.8, 4) is 0 Å². The van der Waals surface area contributed by atoms with Gasteiger partial charge in [0.15, 0.2) is 0 Å². The number of halogens is 3. The van der Waals surface area contributed by atoms with Crippen molar-refractivity contribution in [2.75, 3.05) is 0 Å². The summed E-state index contributed by atoms with van der Waals surface area (Å²) in [5.41, 5.74) is 0.596. The fourth-order valence-electron chi connectivity index (χ4n) is 2.92. The van der Waals surface area contributed by atoms with Crippen molar-refractivity contribution in [2.45, 2.75) is 42.8 Å². The molecule has 1 aliphatic carbocycles. The van der Waals surface area contributed by atoms with Crippen LogP contribution in [0.2, 0.25) is 0 Å². The first-order valence-electron chi connectivity index (χ1n) is 7.09. The zero-order chi connectivity index (χ0) is 16.7. The Morgan fingerprint density at radius 1 is 1.17 bits per heavy atom. The van der Waals surface area contributed by atoms with Crippen LogP contribution >= 0.6 is 11.7 Å². The van der Waals surface area contributed by atoms with Crippen molar-refractivity contribution in [1.29, 1.82) is 0 Å². The van der Waals surface area contributed by atoms with Crippen molar-refractivity contribution in [3.63, 3.8) is 0 Å². The molecule has 1 aromatic carbocycles. The van der Waals surface area contributed by atoms with Crippen LogP contribution in [0.3, 0.4) is 0 Å². The van der Waals surface area contributed by atoms with E-state index in [1.807, 2.05) is 0 Å². The molecule has 0 spiro atoms. The van der Waals surface area contributed by atoms with E-state index in [2.05, 4.69) is 13.5 Å². The average molecular weight is 365 g/mol. The van der Waals surface area contributed by atoms with Crippen LogP contribution in [0, 0.1) is 5.92 Å². The lowest BCUT2D eigenvalue weighted by atomic mass is 9.85. The standard InChI is InChI=1S/C13H14F3N3O2S2/c14-13(15,16)8-4-1-2-5-9(8)19-23(20,21)11-7-3-6-10-12(11)18-22-17-10/h3,6-9,19H,1-2,4-5H2/t8-,9-/m0/s1. The molecule has 10 heteroatoms. The van der Waals surface area contributed by atoms with Gasteiger partial charge in [0.05, 0.1) is 17.6 Å². The maximum absolute atomic E-state index is 13.1. The molecule has 0 saturated heterocycles. The molecule has 2 atom stereocenters. The monoisotopic (exact) mass is 365 g/mol. The molecular formula is C13H14F3N3O2S2. The van der Waals surface area contributed by atoms with Crippen LogP contribution in [0.4, 0.5) is 13.2 Å². The molecule has 0 unspecified atom stereocenters. The number of sulfonamides is 1. The predicted octanol–water partition coefficient (Wildman–Crippen LogP) is 3.09. The lowest BCUT2D eigenvalue weighted by molar-refractivity contribution is -0.187. The van der Waals surface area contributed by atoms with E-state index in [-0.39, 0.29) is 23.3 Å². The fraction of sp³-hybridized carbons (Fsp3) is 0.538. The van der Waals surface area contributed by atoms with E-state index in [4.69, 9.17) is 0 Å². The van der Waals surface area contributed by atoms with Gasteiger partial charge < -0.3 is 0 Å². The highest BCUT2D eigenvalue weighted by molar-refractivity contribution is 7.89. The predicted molar refractivity (Wildman–Crippen MR) is 79.5 cm³/mol. The van der Waals surface area contributed by atoms with Gasteiger partial charge in [0.1, 0.15) is 15.9 Å². The van der Waals surface area contributed by atoms with E-state index in [1.165, 1.54) is 12.1 Å². The van der Waals surface area contributed by atoms with Crippen molar-refractivity contribution in [1.82, 2.24) is 13.5 Å². The molecule has 1 saturated carbocycles. The van der Waals surface area contributed by atoms with Crippen LogP contribution in [0.5, 0.6) is 0 Å². The van der Waals surface area contributed by atoms with Crippen LogP contribution in [-0.2, 0) is 10.0 Å². The van der Waals surface area contributed by atoms with Gasteiger partial charge in [-0.3, -0.25) is 0 Å². The van der Waals surface area contributed by atoms with Crippen molar-refractivity contribution in [2.24, 2.45) is 5.92 Å². The second kappa shape index (κ2) is 5.99. The van der Waals surface area contributed by atoms with Gasteiger partial charge in [0, 0.05) is 6.04 Å². The van der Waals surface area contributed by atoms with Crippen LogP contribution in [0.15, 0.2) is 23.1 Å². The van der Waals surface area contributed by atoms with Gasteiger partial charge in [-0.15, -0.1) is 0 Å². The first-order valence-corrected chi connectivity index (χ1v) is 9.31. The topological polar surface area (TPSA) is 72.0 Å². The Morgan fingerprint density at radius 3 is 2.65 bits per heavy atom. The molecule has 3 rings (SSSR count). The third-order valence-corrected chi connectivity index (χ3v) is 6.10. The molecule has 5 nitrogen and oxygen atoms in total. The molecule has 1 N–H and O–H groups in total. The first-order chi connectivity index (χ1) is 10.8. The summed E-state index contributed by atoms with van der Waals surface area (Å²) in [6, 6.07) is 3.30. The summed E-state index contributed by atoms with van der Waals surface area (Å²) in [6.07, 6.45) is -3.27. The zero-order valence-corrected chi connectivity index (χ0v) is 13.5. The summed E-state index contributed by atoms with van der Waals surface area (Å²) in [5.74, 6) is -1.65. The number of benzene rings is 1. The van der Waals surface area contributed by atoms with Gasteiger partial charge in [-0.05, 0) is 25.0 Å². The number of hydrogen-bond donors (Lipinski definition) is 1. The number of rotatable bonds is 3. The Balaban J connectivity index is 1.92. The molecule has 0 radical (unpaired) electrons. The third-order valence-electron chi connectivity index (χ3n) is 4.03. The Kier molecular flexibility index (Phi) is 4.32. The molecule has 1 heterocycles. The van der Waals surface area contributed by atoms with E-state index in [1.54, 1.807) is 6.07 Å². The summed E-state index contributed by atoms with van der Waals surface area (Å²) in [6.45, 7) is 0. The second-order valence-corrected chi connectivity index (χ2v) is 7.76. The quantitative estimate of drug-likeness (QED) is 0.907. The van der Waals surface area contributed by atoms with E-state index in [0.29, 0.717) is 18.4 Å². The normalized spacial score (nSPS) is 23.3. The number of nitrogens with one attached hydrogen (secondary N) is 1. The molecule has 1 aliphatic rings. The number of hydrogen-bond acceptors (Lipinski definition) is 5. The molecule has 0 amide bonds. The average Bonchev–Trinajstić information content (AvgIpc) is 2.94. The minimum absolute atomic E-state index is 0.0564. The molecule has 1 aromatic heterocycles. The van der Waals surface area contributed by atoms with Crippen molar-refractivity contribution < 1.29 is 21.6 Å². The minimum atomic E-state index is -4.41. The number of fused-ring (bicyclic) bond motifs is 1. The van der Waals surface area contributed by atoms with E-state index in [9.17, 15) is 21.6 Å². The Hall–Kier alpha value is -1.26. The summed E-state index contributed by atoms with van der Waals surface area (Å²) in [5, 5.41) is 0. The van der Waals surface area contributed by atoms with E-state index in [0.717, 1.165) is 11.7 Å². The van der Waals surface area contributed by atoms with Gasteiger partial charge in [0.25, 0.3) is 0 Å². The van der Waals surface area contributed by atoms with Gasteiger partial charge in [-0.2, -0.15) is 21.9 Å². The van der Waals surface area contributed by atoms with E-state index < -0.39 is 28.2 Å². The maximum Gasteiger partial charge on any atom is 0.393 e. The molecule has 1 fully saturated rings. The number of alkyl halides is 3. The Bertz CT molecular complexity index is 804. The van der Waals surface area contributed by atoms with Crippen LogP contribution in [0.25, 0.3) is 11.0 Å². The van der Waals surface area contributed by atoms with Gasteiger partial charge in [-0.1, -0.05) is 18.9 Å². The van der Waals surface area contributed by atoms with Crippen LogP contribution in [-0.4, -0.2) is 29.4 Å². The highest BCUT2D eigenvalue weighted by Gasteiger charge is 2.46. The second-order valence-electron chi connectivity index (χ2n) is 5.55. The smallest absolute Gasteiger partial charge is 0.207 e. The molecule has 126 valence electrons. The first kappa shape index (κ1) is 16.6. The fourth-order valence-corrected chi connectivity index (χ4v) is 5.00. The SMILES string of the molecule is O=S(=O)(N[C@H]1CCCC[C@@H]1C(F)(F)F)c1cccc2nsnc12. The largest absolute Gasteiger partial charge is 0.393 e. The molecule has 0 bridgehead atoms. The molecule has 0 aliphatic heterocycles. The molecule has 2 aromatic rings. The Labute approximate surface area is 135 Å². The lowest BCUT2D eigenvalue weighted by Gasteiger charge is -2.33. The van der Waals surface area contributed by atoms with Gasteiger partial charge in [-0.25, -0.2) is 13.1 Å². The molecular weight excluding hydrogens is 351 g/mol. The summed E-state index contributed by atoms with van der Waals surface area (Å²) in [7, 11) is -4.10.